The van der Waals surface area contributed by atoms with Crippen molar-refractivity contribution in [1.82, 2.24) is 14.7 Å². The maximum Gasteiger partial charge on any atom is 0.0576 e. The Hall–Kier alpha value is -1.66. The minimum absolute atomic E-state index is 0. The van der Waals surface area contributed by atoms with Crippen LogP contribution >= 0.6 is 23.7 Å². The first-order chi connectivity index (χ1) is 12.2. The molecule has 3 aromatic rings. The molecule has 3 heterocycles. The molecule has 1 aliphatic heterocycles. The Labute approximate surface area is 165 Å². The van der Waals surface area contributed by atoms with Crippen molar-refractivity contribution in [3.05, 3.63) is 65.3 Å². The minimum atomic E-state index is 0. The predicted molar refractivity (Wildman–Crippen MR) is 111 cm³/mol. The smallest absolute Gasteiger partial charge is 0.0576 e. The van der Waals surface area contributed by atoms with Crippen LogP contribution in [0.5, 0.6) is 0 Å². The normalized spacial score (nSPS) is 20.2. The zero-order valence-corrected chi connectivity index (χ0v) is 16.5. The number of rotatable bonds is 5. The molecular formula is C20H25ClN4S. The zero-order valence-electron chi connectivity index (χ0n) is 14.9. The summed E-state index contributed by atoms with van der Waals surface area (Å²) in [5, 5.41) is 4.27. The van der Waals surface area contributed by atoms with Crippen molar-refractivity contribution in [3.63, 3.8) is 0 Å². The number of nitrogens with two attached hydrogens (primary N) is 1. The van der Waals surface area contributed by atoms with E-state index in [9.17, 15) is 0 Å². The molecular weight excluding hydrogens is 364 g/mol. The summed E-state index contributed by atoms with van der Waals surface area (Å²) in [6.07, 6.45) is 4.00. The highest BCUT2D eigenvalue weighted by molar-refractivity contribution is 7.15. The molecule has 1 aliphatic rings. The summed E-state index contributed by atoms with van der Waals surface area (Å²) < 4.78 is 1.85. The fourth-order valence-corrected chi connectivity index (χ4v) is 4.82. The number of hydrogen-bond donors (Lipinski definition) is 1. The van der Waals surface area contributed by atoms with Gasteiger partial charge in [0.1, 0.15) is 0 Å². The Bertz CT molecular complexity index is 829. The summed E-state index contributed by atoms with van der Waals surface area (Å²) in [6.45, 7) is 3.92. The molecule has 2 atom stereocenters. The van der Waals surface area contributed by atoms with E-state index in [1.807, 2.05) is 29.3 Å². The van der Waals surface area contributed by atoms with E-state index in [4.69, 9.17) is 5.73 Å². The molecule has 4 rings (SSSR count). The van der Waals surface area contributed by atoms with Crippen molar-refractivity contribution in [2.75, 3.05) is 19.6 Å². The molecule has 0 radical (unpaired) electrons. The van der Waals surface area contributed by atoms with E-state index in [-0.39, 0.29) is 12.4 Å². The Balaban J connectivity index is 0.00000196. The molecule has 2 N–H and O–H groups in total. The highest BCUT2D eigenvalue weighted by Gasteiger charge is 2.32. The van der Waals surface area contributed by atoms with Crippen LogP contribution in [0.4, 0.5) is 0 Å². The average Bonchev–Trinajstić information content (AvgIpc) is 3.35. The second-order valence-electron chi connectivity index (χ2n) is 6.88. The molecule has 26 heavy (non-hydrogen) atoms. The summed E-state index contributed by atoms with van der Waals surface area (Å²) in [6, 6.07) is 15.3. The number of nitrogens with zero attached hydrogens (tertiary/aromatic N) is 3. The summed E-state index contributed by atoms with van der Waals surface area (Å²) in [5.41, 5.74) is 8.68. The lowest BCUT2D eigenvalue weighted by molar-refractivity contribution is 0.319. The standard InChI is InChI=1S/C20H24N4S.ClH/c1-23-11-17(10-22-23)20-8-7-18(25-20)13-24-12-16(9-21)19(14-24)15-5-3-2-4-6-15;/h2-8,10-11,16,19H,9,12-14,21H2,1H3;1H/t16-,19+;/m1./s1. The maximum atomic E-state index is 6.07. The molecule has 4 nitrogen and oxygen atoms in total. The van der Waals surface area contributed by atoms with Gasteiger partial charge in [0, 0.05) is 54.1 Å². The van der Waals surface area contributed by atoms with Crippen LogP contribution in [-0.4, -0.2) is 34.3 Å². The van der Waals surface area contributed by atoms with Gasteiger partial charge in [-0.1, -0.05) is 30.3 Å². The number of hydrogen-bond acceptors (Lipinski definition) is 4. The van der Waals surface area contributed by atoms with Crippen LogP contribution in [0.25, 0.3) is 10.4 Å². The second-order valence-corrected chi connectivity index (χ2v) is 8.04. The van der Waals surface area contributed by atoms with Gasteiger partial charge in [-0.15, -0.1) is 23.7 Å². The van der Waals surface area contributed by atoms with Crippen molar-refractivity contribution in [2.24, 2.45) is 18.7 Å². The van der Waals surface area contributed by atoms with E-state index in [2.05, 4.69) is 58.7 Å². The SMILES string of the molecule is Cl.Cn1cc(-c2ccc(CN3C[C@@H](CN)[C@H](c4ccccc4)C3)s2)cn1. The van der Waals surface area contributed by atoms with Crippen molar-refractivity contribution < 1.29 is 0 Å². The highest BCUT2D eigenvalue weighted by atomic mass is 35.5. The van der Waals surface area contributed by atoms with Crippen molar-refractivity contribution >= 4 is 23.7 Å². The van der Waals surface area contributed by atoms with Gasteiger partial charge in [-0.2, -0.15) is 5.10 Å². The molecule has 0 bridgehead atoms. The van der Waals surface area contributed by atoms with Gasteiger partial charge in [0.25, 0.3) is 0 Å². The molecule has 0 aliphatic carbocycles. The van der Waals surface area contributed by atoms with Crippen LogP contribution in [0.1, 0.15) is 16.4 Å². The summed E-state index contributed by atoms with van der Waals surface area (Å²) in [7, 11) is 1.96. The predicted octanol–water partition coefficient (Wildman–Crippen LogP) is 3.74. The van der Waals surface area contributed by atoms with E-state index in [0.29, 0.717) is 11.8 Å². The quantitative estimate of drug-likeness (QED) is 0.724. The van der Waals surface area contributed by atoms with E-state index >= 15 is 0 Å². The Morgan fingerprint density at radius 2 is 1.96 bits per heavy atom. The largest absolute Gasteiger partial charge is 0.330 e. The Morgan fingerprint density at radius 1 is 1.15 bits per heavy atom. The van der Waals surface area contributed by atoms with E-state index in [0.717, 1.165) is 26.2 Å². The first-order valence-electron chi connectivity index (χ1n) is 8.78. The van der Waals surface area contributed by atoms with Gasteiger partial charge in [0.2, 0.25) is 0 Å². The third kappa shape index (κ3) is 4.01. The summed E-state index contributed by atoms with van der Waals surface area (Å²) >= 11 is 1.87. The van der Waals surface area contributed by atoms with Crippen molar-refractivity contribution in [1.29, 1.82) is 0 Å². The number of aromatic nitrogens is 2. The van der Waals surface area contributed by atoms with Crippen LogP contribution < -0.4 is 5.73 Å². The molecule has 0 unspecified atom stereocenters. The second kappa shape index (κ2) is 8.35. The third-order valence-electron chi connectivity index (χ3n) is 5.08. The number of thiophene rings is 1. The lowest BCUT2D eigenvalue weighted by Gasteiger charge is -2.16. The Morgan fingerprint density at radius 3 is 2.65 bits per heavy atom. The lowest BCUT2D eigenvalue weighted by atomic mass is 9.89. The first kappa shape index (κ1) is 19.1. The molecule has 6 heteroatoms. The molecule has 2 aromatic heterocycles. The van der Waals surface area contributed by atoms with E-state index < -0.39 is 0 Å². The fraction of sp³-hybridized carbons (Fsp3) is 0.350. The molecule has 0 saturated carbocycles. The molecule has 138 valence electrons. The maximum absolute atomic E-state index is 6.07. The number of likely N-dealkylation sites (tertiary alicyclic amines) is 1. The van der Waals surface area contributed by atoms with Crippen molar-refractivity contribution in [2.45, 2.75) is 12.5 Å². The number of aryl methyl sites for hydroxylation is 1. The van der Waals surface area contributed by atoms with Crippen LogP contribution in [0.2, 0.25) is 0 Å². The van der Waals surface area contributed by atoms with Crippen LogP contribution in [0.3, 0.4) is 0 Å². The molecule has 1 saturated heterocycles. The number of benzene rings is 1. The fourth-order valence-electron chi connectivity index (χ4n) is 3.79. The van der Waals surface area contributed by atoms with Gasteiger partial charge in [-0.3, -0.25) is 9.58 Å². The van der Waals surface area contributed by atoms with E-state index in [1.165, 1.54) is 20.9 Å². The molecule has 0 amide bonds. The topological polar surface area (TPSA) is 47.1 Å². The lowest BCUT2D eigenvalue weighted by Crippen LogP contribution is -2.22. The zero-order chi connectivity index (χ0) is 17.2. The Kier molecular flexibility index (Phi) is 6.14. The van der Waals surface area contributed by atoms with Crippen molar-refractivity contribution in [3.8, 4) is 10.4 Å². The van der Waals surface area contributed by atoms with E-state index in [1.54, 1.807) is 0 Å². The summed E-state index contributed by atoms with van der Waals surface area (Å²) in [5.74, 6) is 1.09. The van der Waals surface area contributed by atoms with Crippen LogP contribution in [-0.2, 0) is 13.6 Å². The minimum Gasteiger partial charge on any atom is -0.330 e. The molecule has 1 aromatic carbocycles. The molecule has 1 fully saturated rings. The molecule has 0 spiro atoms. The third-order valence-corrected chi connectivity index (χ3v) is 6.20. The van der Waals surface area contributed by atoms with Gasteiger partial charge in [0.05, 0.1) is 6.20 Å². The monoisotopic (exact) mass is 388 g/mol. The summed E-state index contributed by atoms with van der Waals surface area (Å²) in [4.78, 5) is 5.24. The van der Waals surface area contributed by atoms with Gasteiger partial charge in [-0.05, 0) is 30.2 Å². The first-order valence-corrected chi connectivity index (χ1v) is 9.59. The van der Waals surface area contributed by atoms with Gasteiger partial charge in [-0.25, -0.2) is 0 Å². The van der Waals surface area contributed by atoms with Gasteiger partial charge in [0.15, 0.2) is 0 Å². The number of halogens is 1. The van der Waals surface area contributed by atoms with Crippen LogP contribution in [0.15, 0.2) is 54.9 Å². The highest BCUT2D eigenvalue weighted by Crippen LogP contribution is 2.34. The van der Waals surface area contributed by atoms with Gasteiger partial charge < -0.3 is 5.73 Å². The average molecular weight is 389 g/mol. The van der Waals surface area contributed by atoms with Gasteiger partial charge >= 0.3 is 0 Å². The van der Waals surface area contributed by atoms with Crippen LogP contribution in [0, 0.1) is 5.92 Å².